The average molecular weight is 241 g/mol. The molecule has 2 N–H and O–H groups in total. The topological polar surface area (TPSA) is 41.5 Å². The van der Waals surface area contributed by atoms with Crippen LogP contribution in [0.4, 0.5) is 0 Å². The third kappa shape index (κ3) is 3.04. The molecule has 0 aliphatic carbocycles. The first-order chi connectivity index (χ1) is 7.68. The first kappa shape index (κ1) is 12.0. The zero-order valence-electron chi connectivity index (χ0n) is 9.61. The highest BCUT2D eigenvalue weighted by atomic mass is 32.1. The van der Waals surface area contributed by atoms with Crippen molar-refractivity contribution in [3.63, 3.8) is 0 Å². The predicted octanol–water partition coefficient (Wildman–Crippen LogP) is 1.58. The molecule has 0 bridgehead atoms. The highest BCUT2D eigenvalue weighted by Crippen LogP contribution is 2.22. The van der Waals surface area contributed by atoms with E-state index in [9.17, 15) is 5.11 Å². The third-order valence-corrected chi connectivity index (χ3v) is 3.75. The molecule has 90 valence electrons. The second-order valence-electron chi connectivity index (χ2n) is 4.65. The van der Waals surface area contributed by atoms with Crippen molar-refractivity contribution in [1.29, 1.82) is 0 Å². The summed E-state index contributed by atoms with van der Waals surface area (Å²) in [5.41, 5.74) is 0.229. The highest BCUT2D eigenvalue weighted by molar-refractivity contribution is 7.08. The zero-order valence-corrected chi connectivity index (χ0v) is 10.4. The van der Waals surface area contributed by atoms with E-state index in [2.05, 4.69) is 5.32 Å². The van der Waals surface area contributed by atoms with Gasteiger partial charge in [0.05, 0.1) is 12.2 Å². The molecular weight excluding hydrogens is 222 g/mol. The van der Waals surface area contributed by atoms with E-state index >= 15 is 0 Å². The maximum atomic E-state index is 10.3. The van der Waals surface area contributed by atoms with E-state index in [0.717, 1.165) is 31.7 Å². The molecule has 1 fully saturated rings. The molecule has 2 rings (SSSR count). The van der Waals surface area contributed by atoms with Gasteiger partial charge in [-0.25, -0.2) is 0 Å². The van der Waals surface area contributed by atoms with Gasteiger partial charge in [0.2, 0.25) is 0 Å². The minimum absolute atomic E-state index is 0.597. The second kappa shape index (κ2) is 5.27. The monoisotopic (exact) mass is 241 g/mol. The summed E-state index contributed by atoms with van der Waals surface area (Å²) in [5, 5.41) is 17.6. The summed E-state index contributed by atoms with van der Waals surface area (Å²) in [4.78, 5) is 0. The van der Waals surface area contributed by atoms with Crippen LogP contribution in [0.3, 0.4) is 0 Å². The molecule has 2 heterocycles. The molecule has 16 heavy (non-hydrogen) atoms. The Bertz CT molecular complexity index is 305. The summed E-state index contributed by atoms with van der Waals surface area (Å²) in [6.07, 6.45) is 1.13. The number of aliphatic hydroxyl groups is 1. The first-order valence-corrected chi connectivity index (χ1v) is 6.66. The van der Waals surface area contributed by atoms with Crippen molar-refractivity contribution in [2.75, 3.05) is 26.3 Å². The van der Waals surface area contributed by atoms with Crippen LogP contribution in [0.15, 0.2) is 16.8 Å². The molecular formula is C12H19NO2S. The first-order valence-electron chi connectivity index (χ1n) is 5.72. The van der Waals surface area contributed by atoms with E-state index in [1.165, 1.54) is 0 Å². The fraction of sp³-hybridized carbons (Fsp3) is 0.667. The molecule has 1 aliphatic rings. The summed E-state index contributed by atoms with van der Waals surface area (Å²) in [6.45, 7) is 5.12. The normalized spacial score (nSPS) is 24.5. The lowest BCUT2D eigenvalue weighted by Crippen LogP contribution is -2.37. The van der Waals surface area contributed by atoms with Gasteiger partial charge in [0.15, 0.2) is 0 Å². The molecule has 0 amide bonds. The van der Waals surface area contributed by atoms with Crippen molar-refractivity contribution in [1.82, 2.24) is 5.32 Å². The summed E-state index contributed by atoms with van der Waals surface area (Å²) in [7, 11) is 0. The van der Waals surface area contributed by atoms with Gasteiger partial charge in [-0.2, -0.15) is 11.3 Å². The Morgan fingerprint density at radius 2 is 2.56 bits per heavy atom. The largest absolute Gasteiger partial charge is 0.384 e. The van der Waals surface area contributed by atoms with Gasteiger partial charge in [-0.05, 0) is 41.7 Å². The summed E-state index contributed by atoms with van der Waals surface area (Å²) in [6, 6.07) is 1.98. The predicted molar refractivity (Wildman–Crippen MR) is 65.7 cm³/mol. The van der Waals surface area contributed by atoms with Gasteiger partial charge < -0.3 is 15.2 Å². The molecule has 0 spiro atoms. The van der Waals surface area contributed by atoms with Gasteiger partial charge in [0.1, 0.15) is 0 Å². The number of thiophene rings is 1. The van der Waals surface area contributed by atoms with E-state index in [-0.39, 0.29) is 0 Å². The number of rotatable bonds is 5. The van der Waals surface area contributed by atoms with Crippen molar-refractivity contribution in [2.45, 2.75) is 18.9 Å². The molecule has 0 aromatic carbocycles. The molecule has 2 unspecified atom stereocenters. The number of hydrogen-bond acceptors (Lipinski definition) is 4. The highest BCUT2D eigenvalue weighted by Gasteiger charge is 2.24. The van der Waals surface area contributed by atoms with Crippen LogP contribution < -0.4 is 5.32 Å². The Hall–Kier alpha value is -0.420. The van der Waals surface area contributed by atoms with E-state index in [1.807, 2.05) is 23.8 Å². The molecule has 1 aromatic rings. The Balaban J connectivity index is 1.76. The van der Waals surface area contributed by atoms with Crippen LogP contribution in [0.2, 0.25) is 0 Å². The maximum Gasteiger partial charge on any atom is 0.1000 e. The van der Waals surface area contributed by atoms with Gasteiger partial charge in [-0.15, -0.1) is 0 Å². The molecule has 2 atom stereocenters. The molecule has 1 aliphatic heterocycles. The van der Waals surface area contributed by atoms with Crippen LogP contribution in [-0.2, 0) is 10.3 Å². The maximum absolute atomic E-state index is 10.3. The van der Waals surface area contributed by atoms with Crippen LogP contribution in [0, 0.1) is 5.92 Å². The molecule has 1 saturated heterocycles. The Kier molecular flexibility index (Phi) is 3.97. The molecule has 4 heteroatoms. The van der Waals surface area contributed by atoms with E-state index in [1.54, 1.807) is 11.3 Å². The summed E-state index contributed by atoms with van der Waals surface area (Å²) >= 11 is 1.62. The van der Waals surface area contributed by atoms with Crippen molar-refractivity contribution in [2.24, 2.45) is 5.92 Å². The van der Waals surface area contributed by atoms with Crippen molar-refractivity contribution in [3.05, 3.63) is 22.4 Å². The zero-order chi connectivity index (χ0) is 11.4. The van der Waals surface area contributed by atoms with Crippen LogP contribution in [0.1, 0.15) is 18.9 Å². The molecule has 1 aromatic heterocycles. The molecule has 0 radical (unpaired) electrons. The van der Waals surface area contributed by atoms with Crippen molar-refractivity contribution < 1.29 is 9.84 Å². The van der Waals surface area contributed by atoms with Gasteiger partial charge in [0.25, 0.3) is 0 Å². The Morgan fingerprint density at radius 3 is 3.19 bits per heavy atom. The quantitative estimate of drug-likeness (QED) is 0.822. The number of hydrogen-bond donors (Lipinski definition) is 2. The van der Waals surface area contributed by atoms with E-state index in [4.69, 9.17) is 4.74 Å². The van der Waals surface area contributed by atoms with Gasteiger partial charge in [-0.3, -0.25) is 0 Å². The van der Waals surface area contributed by atoms with Crippen LogP contribution in [-0.4, -0.2) is 31.4 Å². The van der Waals surface area contributed by atoms with Crippen molar-refractivity contribution in [3.8, 4) is 0 Å². The summed E-state index contributed by atoms with van der Waals surface area (Å²) in [5.74, 6) is 0.610. The van der Waals surface area contributed by atoms with Crippen LogP contribution in [0.25, 0.3) is 0 Å². The number of nitrogens with one attached hydrogen (secondary N) is 1. The molecule has 0 saturated carbocycles. The van der Waals surface area contributed by atoms with Crippen molar-refractivity contribution >= 4 is 11.3 Å². The minimum atomic E-state index is -0.764. The van der Waals surface area contributed by atoms with Gasteiger partial charge >= 0.3 is 0 Å². The fourth-order valence-corrected chi connectivity index (χ4v) is 2.72. The smallest absolute Gasteiger partial charge is 0.1000 e. The van der Waals surface area contributed by atoms with Gasteiger partial charge in [-0.1, -0.05) is 0 Å². The molecule has 3 nitrogen and oxygen atoms in total. The lowest BCUT2D eigenvalue weighted by molar-refractivity contribution is 0.0562. The minimum Gasteiger partial charge on any atom is -0.384 e. The Labute approximate surface area is 100 Å². The Morgan fingerprint density at radius 1 is 1.69 bits per heavy atom. The lowest BCUT2D eigenvalue weighted by atomic mass is 9.99. The van der Waals surface area contributed by atoms with Gasteiger partial charge in [0, 0.05) is 19.7 Å². The fourth-order valence-electron chi connectivity index (χ4n) is 1.94. The number of ether oxygens (including phenoxy) is 1. The SMILES string of the molecule is CC(O)(CNCC1CCOC1)c1ccsc1. The second-order valence-corrected chi connectivity index (χ2v) is 5.43. The third-order valence-electron chi connectivity index (χ3n) is 3.07. The lowest BCUT2D eigenvalue weighted by Gasteiger charge is -2.23. The van der Waals surface area contributed by atoms with E-state index in [0.29, 0.717) is 12.5 Å². The average Bonchev–Trinajstić information content (AvgIpc) is 2.90. The standard InChI is InChI=1S/C12H19NO2S/c1-12(14,11-3-5-16-8-11)9-13-6-10-2-4-15-7-10/h3,5,8,10,13-14H,2,4,6-7,9H2,1H3. The van der Waals surface area contributed by atoms with Crippen LogP contribution >= 0.6 is 11.3 Å². The van der Waals surface area contributed by atoms with E-state index < -0.39 is 5.60 Å². The summed E-state index contributed by atoms with van der Waals surface area (Å²) < 4.78 is 5.31. The van der Waals surface area contributed by atoms with Crippen LogP contribution in [0.5, 0.6) is 0 Å².